The molecule has 0 unspecified atom stereocenters. The molecule has 0 amide bonds. The predicted octanol–water partition coefficient (Wildman–Crippen LogP) is 4.03. The van der Waals surface area contributed by atoms with Crippen LogP contribution in [0.3, 0.4) is 0 Å². The lowest BCUT2D eigenvalue weighted by atomic mass is 10.3. The van der Waals surface area contributed by atoms with Gasteiger partial charge in [-0.2, -0.15) is 0 Å². The summed E-state index contributed by atoms with van der Waals surface area (Å²) in [5.41, 5.74) is 0.676. The molecule has 0 aliphatic carbocycles. The van der Waals surface area contributed by atoms with E-state index >= 15 is 0 Å². The van der Waals surface area contributed by atoms with Gasteiger partial charge in [0.15, 0.2) is 0 Å². The smallest absolute Gasteiger partial charge is 0.255 e. The number of hydrogen-bond acceptors (Lipinski definition) is 6. The number of pyridine rings is 2. The summed E-state index contributed by atoms with van der Waals surface area (Å²) in [4.78, 5) is 30.3. The van der Waals surface area contributed by atoms with Gasteiger partial charge in [-0.15, -0.1) is 0 Å². The molecule has 102 valence electrons. The number of carbonyl (C=O) groups excluding carboxylic acids is 2. The summed E-state index contributed by atoms with van der Waals surface area (Å²) >= 11 is 10.8. The Morgan fingerprint density at radius 3 is 2.40 bits per heavy atom. The summed E-state index contributed by atoms with van der Waals surface area (Å²) < 4.78 is 0. The van der Waals surface area contributed by atoms with Gasteiger partial charge in [0.1, 0.15) is 10.1 Å². The number of nitrogens with zero attached hydrogens (tertiary/aromatic N) is 2. The molecular formula is C12H6Cl2N2O2S2. The van der Waals surface area contributed by atoms with Crippen LogP contribution in [0.4, 0.5) is 0 Å². The number of aromatic nitrogens is 2. The molecule has 2 heterocycles. The van der Waals surface area contributed by atoms with E-state index < -0.39 is 10.5 Å². The molecule has 0 atom stereocenters. The van der Waals surface area contributed by atoms with Crippen molar-refractivity contribution in [2.24, 2.45) is 0 Å². The summed E-state index contributed by atoms with van der Waals surface area (Å²) in [6, 6.07) is 6.49. The summed E-state index contributed by atoms with van der Waals surface area (Å²) in [5.74, 6) is 0. The lowest BCUT2D eigenvalue weighted by Gasteiger charge is -2.03. The summed E-state index contributed by atoms with van der Waals surface area (Å²) in [5, 5.41) is 0.0609. The topological polar surface area (TPSA) is 59.9 Å². The predicted molar refractivity (Wildman–Crippen MR) is 80.6 cm³/mol. The first-order valence-electron chi connectivity index (χ1n) is 5.23. The first-order chi connectivity index (χ1) is 9.58. The van der Waals surface area contributed by atoms with Gasteiger partial charge < -0.3 is 0 Å². The molecule has 0 spiro atoms. The lowest BCUT2D eigenvalue weighted by Crippen LogP contribution is -1.93. The highest BCUT2D eigenvalue weighted by Gasteiger charge is 2.11. The fourth-order valence-corrected chi connectivity index (χ4v) is 3.48. The lowest BCUT2D eigenvalue weighted by molar-refractivity contribution is 0.107. The number of hydrogen-bond donors (Lipinski definition) is 0. The molecule has 0 aliphatic rings. The molecule has 8 heteroatoms. The van der Waals surface area contributed by atoms with Crippen molar-refractivity contribution in [3.05, 3.63) is 47.8 Å². The van der Waals surface area contributed by atoms with Gasteiger partial charge in [0.05, 0.1) is 11.1 Å². The van der Waals surface area contributed by atoms with E-state index in [-0.39, 0.29) is 0 Å². The van der Waals surface area contributed by atoms with Gasteiger partial charge in [0.2, 0.25) is 0 Å². The minimum absolute atomic E-state index is 0.329. The van der Waals surface area contributed by atoms with Crippen molar-refractivity contribution < 1.29 is 9.59 Å². The average molecular weight is 345 g/mol. The molecule has 0 aliphatic heterocycles. The molecular weight excluding hydrogens is 339 g/mol. The molecule has 2 rings (SSSR count). The first kappa shape index (κ1) is 15.3. The van der Waals surface area contributed by atoms with Crippen LogP contribution in [-0.4, -0.2) is 20.5 Å². The molecule has 20 heavy (non-hydrogen) atoms. The molecule has 2 aromatic rings. The third-order valence-electron chi connectivity index (χ3n) is 2.15. The average Bonchev–Trinajstić information content (AvgIpc) is 2.45. The second kappa shape index (κ2) is 7.08. The number of carbonyl (C=O) groups is 2. The Kier molecular flexibility index (Phi) is 5.42. The molecule has 0 fully saturated rings. The third kappa shape index (κ3) is 3.96. The third-order valence-corrected chi connectivity index (χ3v) is 4.79. The van der Waals surface area contributed by atoms with Crippen LogP contribution in [-0.2, 0) is 0 Å². The van der Waals surface area contributed by atoms with Gasteiger partial charge in [-0.05, 0) is 69.1 Å². The van der Waals surface area contributed by atoms with Crippen LogP contribution in [0.5, 0.6) is 0 Å². The highest BCUT2D eigenvalue weighted by atomic mass is 35.5. The zero-order chi connectivity index (χ0) is 14.5. The normalized spacial score (nSPS) is 10.3. The van der Waals surface area contributed by atoms with Gasteiger partial charge in [-0.3, -0.25) is 9.59 Å². The molecule has 0 N–H and O–H groups in total. The van der Waals surface area contributed by atoms with Gasteiger partial charge in [-0.25, -0.2) is 9.97 Å². The van der Waals surface area contributed by atoms with Crippen LogP contribution in [0.2, 0.25) is 0 Å². The zero-order valence-electron chi connectivity index (χ0n) is 9.75. The van der Waals surface area contributed by atoms with E-state index in [0.717, 1.165) is 0 Å². The van der Waals surface area contributed by atoms with Gasteiger partial charge in [0, 0.05) is 12.4 Å². The molecule has 0 radical (unpaired) electrons. The van der Waals surface area contributed by atoms with Crippen LogP contribution in [0.1, 0.15) is 20.7 Å². The highest BCUT2D eigenvalue weighted by Crippen LogP contribution is 2.37. The van der Waals surface area contributed by atoms with E-state index in [1.54, 1.807) is 30.5 Å². The van der Waals surface area contributed by atoms with Crippen LogP contribution >= 0.6 is 44.8 Å². The fraction of sp³-hybridized carbons (Fsp3) is 0. The maximum absolute atomic E-state index is 11.2. The van der Waals surface area contributed by atoms with Crippen molar-refractivity contribution in [1.29, 1.82) is 0 Å². The maximum Gasteiger partial charge on any atom is 0.255 e. The first-order valence-corrected chi connectivity index (χ1v) is 8.14. The summed E-state index contributed by atoms with van der Waals surface area (Å²) in [6.45, 7) is 0. The van der Waals surface area contributed by atoms with Crippen molar-refractivity contribution in [3.8, 4) is 0 Å². The molecule has 4 nitrogen and oxygen atoms in total. The van der Waals surface area contributed by atoms with Crippen molar-refractivity contribution in [2.45, 2.75) is 10.1 Å². The highest BCUT2D eigenvalue weighted by molar-refractivity contribution is 8.76. The van der Waals surface area contributed by atoms with Crippen molar-refractivity contribution in [1.82, 2.24) is 9.97 Å². The second-order valence-corrected chi connectivity index (χ2v) is 6.28. The van der Waals surface area contributed by atoms with E-state index in [1.165, 1.54) is 27.8 Å². The van der Waals surface area contributed by atoms with Gasteiger partial charge in [0.25, 0.3) is 10.5 Å². The van der Waals surface area contributed by atoms with E-state index in [2.05, 4.69) is 9.97 Å². The minimum atomic E-state index is -0.558. The van der Waals surface area contributed by atoms with Crippen LogP contribution in [0.15, 0.2) is 46.7 Å². The van der Waals surface area contributed by atoms with Crippen molar-refractivity contribution in [2.75, 3.05) is 0 Å². The maximum atomic E-state index is 11.2. The zero-order valence-corrected chi connectivity index (χ0v) is 12.9. The number of halogens is 2. The Hall–Kier alpha value is -1.08. The SMILES string of the molecule is O=C(Cl)c1ccc(SSc2ncccc2C(=O)Cl)nc1. The molecule has 2 aromatic heterocycles. The van der Waals surface area contributed by atoms with Crippen LogP contribution in [0, 0.1) is 0 Å². The van der Waals surface area contributed by atoms with Crippen molar-refractivity contribution in [3.63, 3.8) is 0 Å². The number of rotatable bonds is 5. The second-order valence-electron chi connectivity index (χ2n) is 3.46. The summed E-state index contributed by atoms with van der Waals surface area (Å²) in [7, 11) is 2.57. The summed E-state index contributed by atoms with van der Waals surface area (Å²) in [6.07, 6.45) is 2.97. The molecule has 0 saturated heterocycles. The van der Waals surface area contributed by atoms with E-state index in [1.807, 2.05) is 0 Å². The standard InChI is InChI=1S/C12H6Cl2N2O2S2/c13-10(17)7-3-4-9(16-6-7)19-20-12-8(11(14)18)2-1-5-15-12/h1-6H. The van der Waals surface area contributed by atoms with E-state index in [4.69, 9.17) is 23.2 Å². The molecule has 0 bridgehead atoms. The Labute approximate surface area is 132 Å². The Morgan fingerprint density at radius 1 is 1.00 bits per heavy atom. The van der Waals surface area contributed by atoms with Crippen molar-refractivity contribution >= 4 is 55.3 Å². The van der Waals surface area contributed by atoms with Gasteiger partial charge in [-0.1, -0.05) is 0 Å². The quantitative estimate of drug-likeness (QED) is 0.602. The molecule has 0 aromatic carbocycles. The van der Waals surface area contributed by atoms with Gasteiger partial charge >= 0.3 is 0 Å². The Morgan fingerprint density at radius 2 is 1.80 bits per heavy atom. The molecule has 0 saturated carbocycles. The largest absolute Gasteiger partial charge is 0.276 e. The Balaban J connectivity index is 2.09. The fourth-order valence-electron chi connectivity index (χ4n) is 1.23. The van der Waals surface area contributed by atoms with E-state index in [9.17, 15) is 9.59 Å². The minimum Gasteiger partial charge on any atom is -0.276 e. The Bertz CT molecular complexity index is 650. The monoisotopic (exact) mass is 344 g/mol. The van der Waals surface area contributed by atoms with Crippen LogP contribution in [0.25, 0.3) is 0 Å². The van der Waals surface area contributed by atoms with Crippen LogP contribution < -0.4 is 0 Å². The van der Waals surface area contributed by atoms with E-state index in [0.29, 0.717) is 21.2 Å².